The lowest BCUT2D eigenvalue weighted by Gasteiger charge is -2.14. The van der Waals surface area contributed by atoms with E-state index in [1.165, 1.54) is 33.4 Å². The summed E-state index contributed by atoms with van der Waals surface area (Å²) < 4.78 is 0. The monoisotopic (exact) mass is 253 g/mol. The van der Waals surface area contributed by atoms with Crippen LogP contribution in [0.15, 0.2) is 36.4 Å². The number of hydrogen-bond donors (Lipinski definition) is 1. The molecule has 2 aromatic rings. The molecule has 0 aliphatic rings. The van der Waals surface area contributed by atoms with Gasteiger partial charge in [0.2, 0.25) is 0 Å². The van der Waals surface area contributed by atoms with Crippen molar-refractivity contribution in [3.8, 4) is 0 Å². The van der Waals surface area contributed by atoms with E-state index in [4.69, 9.17) is 5.73 Å². The van der Waals surface area contributed by atoms with Crippen LogP contribution in [0.25, 0.3) is 0 Å². The first kappa shape index (κ1) is 13.8. The lowest BCUT2D eigenvalue weighted by atomic mass is 9.95. The van der Waals surface area contributed by atoms with Crippen LogP contribution in [0.1, 0.15) is 39.4 Å². The van der Waals surface area contributed by atoms with E-state index in [2.05, 4.69) is 64.1 Å². The van der Waals surface area contributed by atoms with Crippen molar-refractivity contribution in [2.75, 3.05) is 0 Å². The second kappa shape index (κ2) is 5.58. The molecule has 0 heterocycles. The fraction of sp³-hybridized carbons (Fsp3) is 0.333. The van der Waals surface area contributed by atoms with Crippen molar-refractivity contribution in [1.29, 1.82) is 0 Å². The minimum atomic E-state index is 0.0707. The van der Waals surface area contributed by atoms with Crippen LogP contribution in [0.3, 0.4) is 0 Å². The zero-order valence-electron chi connectivity index (χ0n) is 12.3. The van der Waals surface area contributed by atoms with Gasteiger partial charge in [0.1, 0.15) is 0 Å². The smallest absolute Gasteiger partial charge is 0.0335 e. The molecule has 1 nitrogen and oxygen atoms in total. The highest BCUT2D eigenvalue weighted by Gasteiger charge is 2.08. The molecule has 0 amide bonds. The molecule has 1 heteroatoms. The third kappa shape index (κ3) is 3.24. The summed E-state index contributed by atoms with van der Waals surface area (Å²) in [5.74, 6) is 0. The second-order valence-electron chi connectivity index (χ2n) is 5.57. The van der Waals surface area contributed by atoms with Gasteiger partial charge in [-0.05, 0) is 67.5 Å². The molecule has 19 heavy (non-hydrogen) atoms. The molecule has 2 aromatic carbocycles. The molecule has 0 saturated carbocycles. The summed E-state index contributed by atoms with van der Waals surface area (Å²) in [7, 11) is 0. The Labute approximate surface area is 116 Å². The number of rotatable bonds is 3. The minimum Gasteiger partial charge on any atom is -0.324 e. The molecular weight excluding hydrogens is 230 g/mol. The number of nitrogens with two attached hydrogens (primary N) is 1. The zero-order chi connectivity index (χ0) is 14.0. The molecule has 0 spiro atoms. The van der Waals surface area contributed by atoms with Gasteiger partial charge in [-0.1, -0.05) is 36.4 Å². The predicted molar refractivity (Wildman–Crippen MR) is 82.5 cm³/mol. The molecule has 0 fully saturated rings. The van der Waals surface area contributed by atoms with Gasteiger partial charge in [-0.2, -0.15) is 0 Å². The molecule has 0 radical (unpaired) electrons. The highest BCUT2D eigenvalue weighted by Crippen LogP contribution is 2.20. The van der Waals surface area contributed by atoms with Crippen molar-refractivity contribution in [2.24, 2.45) is 5.73 Å². The molecule has 0 aliphatic carbocycles. The third-order valence-corrected chi connectivity index (χ3v) is 3.99. The normalized spacial score (nSPS) is 12.5. The van der Waals surface area contributed by atoms with Gasteiger partial charge in [0.15, 0.2) is 0 Å². The average Bonchev–Trinajstić information content (AvgIpc) is 2.37. The van der Waals surface area contributed by atoms with Crippen molar-refractivity contribution in [3.05, 3.63) is 69.8 Å². The Bertz CT molecular complexity index is 584. The summed E-state index contributed by atoms with van der Waals surface area (Å²) in [4.78, 5) is 0. The molecule has 1 atom stereocenters. The average molecular weight is 253 g/mol. The largest absolute Gasteiger partial charge is 0.324 e. The van der Waals surface area contributed by atoms with E-state index in [1.54, 1.807) is 0 Å². The maximum Gasteiger partial charge on any atom is 0.0335 e. The van der Waals surface area contributed by atoms with E-state index >= 15 is 0 Å². The van der Waals surface area contributed by atoms with Crippen LogP contribution in [-0.4, -0.2) is 0 Å². The van der Waals surface area contributed by atoms with E-state index in [-0.39, 0.29) is 6.04 Å². The van der Waals surface area contributed by atoms with Crippen LogP contribution in [-0.2, 0) is 6.42 Å². The van der Waals surface area contributed by atoms with Gasteiger partial charge < -0.3 is 5.73 Å². The summed E-state index contributed by atoms with van der Waals surface area (Å²) in [5.41, 5.74) is 14.2. The number of benzene rings is 2. The Balaban J connectivity index is 2.17. The molecule has 2 N–H and O–H groups in total. The first-order valence-corrected chi connectivity index (χ1v) is 6.86. The fourth-order valence-corrected chi connectivity index (χ4v) is 2.30. The molecule has 0 aliphatic heterocycles. The van der Waals surface area contributed by atoms with Crippen molar-refractivity contribution < 1.29 is 0 Å². The van der Waals surface area contributed by atoms with Gasteiger partial charge in [-0.25, -0.2) is 0 Å². The zero-order valence-corrected chi connectivity index (χ0v) is 12.3. The third-order valence-electron chi connectivity index (χ3n) is 3.99. The molecule has 2 rings (SSSR count). The quantitative estimate of drug-likeness (QED) is 0.873. The predicted octanol–water partition coefficient (Wildman–Crippen LogP) is 4.16. The van der Waals surface area contributed by atoms with Crippen molar-refractivity contribution in [1.82, 2.24) is 0 Å². The van der Waals surface area contributed by atoms with Gasteiger partial charge in [-0.15, -0.1) is 0 Å². The Morgan fingerprint density at radius 1 is 0.789 bits per heavy atom. The SMILES string of the molecule is Cc1ccc(CC(N)c2ccc(C)c(C)c2)cc1C. The Kier molecular flexibility index (Phi) is 4.06. The Morgan fingerprint density at radius 2 is 1.37 bits per heavy atom. The summed E-state index contributed by atoms with van der Waals surface area (Å²) in [6.45, 7) is 8.57. The van der Waals surface area contributed by atoms with Gasteiger partial charge >= 0.3 is 0 Å². The first-order valence-electron chi connectivity index (χ1n) is 6.86. The summed E-state index contributed by atoms with van der Waals surface area (Å²) in [6.07, 6.45) is 0.892. The second-order valence-corrected chi connectivity index (χ2v) is 5.57. The van der Waals surface area contributed by atoms with E-state index in [9.17, 15) is 0 Å². The Hall–Kier alpha value is -1.60. The van der Waals surface area contributed by atoms with E-state index in [1.807, 2.05) is 0 Å². The van der Waals surface area contributed by atoms with Gasteiger partial charge in [0.25, 0.3) is 0 Å². The lowest BCUT2D eigenvalue weighted by Crippen LogP contribution is -2.13. The van der Waals surface area contributed by atoms with Crippen LogP contribution in [0.5, 0.6) is 0 Å². The summed E-state index contributed by atoms with van der Waals surface area (Å²) >= 11 is 0. The van der Waals surface area contributed by atoms with Crippen molar-refractivity contribution in [3.63, 3.8) is 0 Å². The highest BCUT2D eigenvalue weighted by molar-refractivity contribution is 5.34. The molecular formula is C18H23N. The Morgan fingerprint density at radius 3 is 1.95 bits per heavy atom. The van der Waals surface area contributed by atoms with Crippen LogP contribution in [0.4, 0.5) is 0 Å². The van der Waals surface area contributed by atoms with Crippen LogP contribution in [0.2, 0.25) is 0 Å². The minimum absolute atomic E-state index is 0.0707. The van der Waals surface area contributed by atoms with Crippen molar-refractivity contribution in [2.45, 2.75) is 40.2 Å². The van der Waals surface area contributed by atoms with Crippen LogP contribution in [0, 0.1) is 27.7 Å². The topological polar surface area (TPSA) is 26.0 Å². The maximum atomic E-state index is 6.33. The molecule has 0 aromatic heterocycles. The van der Waals surface area contributed by atoms with E-state index in [0.29, 0.717) is 0 Å². The molecule has 1 unspecified atom stereocenters. The molecule has 100 valence electrons. The lowest BCUT2D eigenvalue weighted by molar-refractivity contribution is 0.720. The molecule has 0 saturated heterocycles. The van der Waals surface area contributed by atoms with Crippen molar-refractivity contribution >= 4 is 0 Å². The molecule has 0 bridgehead atoms. The van der Waals surface area contributed by atoms with Crippen LogP contribution < -0.4 is 5.73 Å². The van der Waals surface area contributed by atoms with Gasteiger partial charge in [0, 0.05) is 6.04 Å². The van der Waals surface area contributed by atoms with E-state index < -0.39 is 0 Å². The highest BCUT2D eigenvalue weighted by atomic mass is 14.6. The fourth-order valence-electron chi connectivity index (χ4n) is 2.30. The van der Waals surface area contributed by atoms with Gasteiger partial charge in [0.05, 0.1) is 0 Å². The maximum absolute atomic E-state index is 6.33. The number of hydrogen-bond acceptors (Lipinski definition) is 1. The van der Waals surface area contributed by atoms with Crippen LogP contribution >= 0.6 is 0 Å². The summed E-state index contributed by atoms with van der Waals surface area (Å²) in [6, 6.07) is 13.2. The van der Waals surface area contributed by atoms with E-state index in [0.717, 1.165) is 6.42 Å². The summed E-state index contributed by atoms with van der Waals surface area (Å²) in [5, 5.41) is 0. The number of aryl methyl sites for hydroxylation is 4. The first-order chi connectivity index (χ1) is 8.97. The standard InChI is InChI=1S/C18H23N/c1-12-5-7-16(9-14(12)3)11-18(19)17-8-6-13(2)15(4)10-17/h5-10,18H,11,19H2,1-4H3. The van der Waals surface area contributed by atoms with Gasteiger partial charge in [-0.3, -0.25) is 0 Å².